The molecular formula is C75H51N3. The van der Waals surface area contributed by atoms with Gasteiger partial charge in [-0.3, -0.25) is 0 Å². The van der Waals surface area contributed by atoms with Crippen LogP contribution in [-0.2, 0) is 5.41 Å². The van der Waals surface area contributed by atoms with E-state index in [2.05, 4.69) is 234 Å². The van der Waals surface area contributed by atoms with Crippen LogP contribution in [0.25, 0.3) is 71.3 Å². The van der Waals surface area contributed by atoms with Gasteiger partial charge in [0.15, 0.2) is 0 Å². The minimum Gasteiger partial charge on any atom is -0.310 e. The van der Waals surface area contributed by atoms with Crippen LogP contribution in [0.2, 0.25) is 0 Å². The molecule has 1 aromatic heterocycles. The predicted octanol–water partition coefficient (Wildman–Crippen LogP) is 20.1. The summed E-state index contributed by atoms with van der Waals surface area (Å²) in [4.78, 5) is 4.24. The molecule has 1 heterocycles. The lowest BCUT2D eigenvalue weighted by Gasteiger charge is -2.35. The van der Waals surface area contributed by atoms with Gasteiger partial charge in [-0.15, -0.1) is 0 Å². The number of rotatable bonds is 10. The number of hydrogen-bond acceptors (Lipinski definition) is 2. The second-order valence-electron chi connectivity index (χ2n) is 20.1. The van der Waals surface area contributed by atoms with Crippen molar-refractivity contribution in [1.29, 1.82) is 0 Å². The Morgan fingerprint density at radius 3 is 1.60 bits per heavy atom. The standard InChI is InChI=1S/C75H51N3/c1-5-24-54(25-6-1)75(55-26-7-2-8-27-55)69-38-17-15-33-64(69)65-48-46-59(50-70(65)75)76(56-28-9-3-10-29-56)58-44-42-53(43-45-58)61-35-20-37-66-63(61)36-21-41-73(66)78(71-40-19-23-52-22-13-14-32-62(52)71)60-47-49-68-67-34-16-18-39-72(67)77(74(68)51-60)57-30-11-4-12-31-57/h1-51H/i42D,43D,44D,45D. The number of anilines is 6. The maximum absolute atomic E-state index is 10.1. The van der Waals surface area contributed by atoms with Crippen LogP contribution < -0.4 is 9.80 Å². The fourth-order valence-corrected chi connectivity index (χ4v) is 12.6. The monoisotopic (exact) mass is 997 g/mol. The molecule has 0 radical (unpaired) electrons. The Balaban J connectivity index is 0.921. The molecule has 366 valence electrons. The maximum Gasteiger partial charge on any atom is 0.0714 e. The van der Waals surface area contributed by atoms with Gasteiger partial charge in [-0.1, -0.05) is 230 Å². The molecule has 3 heteroatoms. The summed E-state index contributed by atoms with van der Waals surface area (Å²) in [6, 6.07) is 98.5. The van der Waals surface area contributed by atoms with Crippen molar-refractivity contribution in [1.82, 2.24) is 4.57 Å². The largest absolute Gasteiger partial charge is 0.310 e. The smallest absolute Gasteiger partial charge is 0.0714 e. The Morgan fingerprint density at radius 2 is 0.833 bits per heavy atom. The highest BCUT2D eigenvalue weighted by atomic mass is 15.2. The first-order valence-electron chi connectivity index (χ1n) is 28.6. The van der Waals surface area contributed by atoms with Gasteiger partial charge in [-0.25, -0.2) is 0 Å². The molecule has 0 fully saturated rings. The van der Waals surface area contributed by atoms with E-state index in [0.717, 1.165) is 88.5 Å². The van der Waals surface area contributed by atoms with Crippen LogP contribution in [0.15, 0.2) is 309 Å². The Kier molecular flexibility index (Phi) is 9.77. The summed E-state index contributed by atoms with van der Waals surface area (Å²) in [6.07, 6.45) is 0. The maximum atomic E-state index is 10.1. The number of hydrogen-bond donors (Lipinski definition) is 0. The number of benzene rings is 13. The molecular weight excluding hydrogens is 943 g/mol. The molecule has 0 unspecified atom stereocenters. The lowest BCUT2D eigenvalue weighted by Crippen LogP contribution is -2.28. The van der Waals surface area contributed by atoms with Crippen LogP contribution in [0.1, 0.15) is 27.7 Å². The van der Waals surface area contributed by atoms with Gasteiger partial charge in [0.25, 0.3) is 0 Å². The average molecular weight is 998 g/mol. The van der Waals surface area contributed by atoms with Crippen molar-refractivity contribution in [2.24, 2.45) is 0 Å². The lowest BCUT2D eigenvalue weighted by molar-refractivity contribution is 0.768. The normalized spacial score (nSPS) is 13.2. The molecule has 78 heavy (non-hydrogen) atoms. The lowest BCUT2D eigenvalue weighted by atomic mass is 9.67. The number of fused-ring (bicyclic) bond motifs is 8. The summed E-state index contributed by atoms with van der Waals surface area (Å²) in [5.74, 6) is 0. The highest BCUT2D eigenvalue weighted by molar-refractivity contribution is 6.13. The average Bonchev–Trinajstić information content (AvgIpc) is 4.24. The third-order valence-corrected chi connectivity index (χ3v) is 15.9. The number of aromatic nitrogens is 1. The summed E-state index contributed by atoms with van der Waals surface area (Å²) in [5.41, 5.74) is 14.6. The first-order valence-corrected chi connectivity index (χ1v) is 26.6. The van der Waals surface area contributed by atoms with Crippen molar-refractivity contribution in [2.75, 3.05) is 9.80 Å². The van der Waals surface area contributed by atoms with Gasteiger partial charge in [0.1, 0.15) is 0 Å². The Bertz CT molecular complexity index is 4740. The van der Waals surface area contributed by atoms with E-state index in [-0.39, 0.29) is 35.4 Å². The van der Waals surface area contributed by atoms with Gasteiger partial charge in [0.05, 0.1) is 33.3 Å². The number of para-hydroxylation sites is 3. The Labute approximate surface area is 460 Å². The molecule has 3 nitrogen and oxygen atoms in total. The van der Waals surface area contributed by atoms with E-state index in [1.165, 1.54) is 10.9 Å². The van der Waals surface area contributed by atoms with E-state index in [1.807, 2.05) is 65.6 Å². The van der Waals surface area contributed by atoms with Crippen LogP contribution in [-0.4, -0.2) is 4.57 Å². The molecule has 0 amide bonds. The number of nitrogens with zero attached hydrogens (tertiary/aromatic N) is 3. The quantitative estimate of drug-likeness (QED) is 0.135. The topological polar surface area (TPSA) is 11.4 Å². The summed E-state index contributed by atoms with van der Waals surface area (Å²) in [5, 5.41) is 6.20. The highest BCUT2D eigenvalue weighted by Crippen LogP contribution is 2.57. The molecule has 0 spiro atoms. The van der Waals surface area contributed by atoms with Crippen molar-refractivity contribution in [3.8, 4) is 27.9 Å². The molecule has 0 saturated heterocycles. The summed E-state index contributed by atoms with van der Waals surface area (Å²) in [6.45, 7) is 0. The van der Waals surface area contributed by atoms with Crippen molar-refractivity contribution in [3.05, 3.63) is 332 Å². The van der Waals surface area contributed by atoms with Gasteiger partial charge in [0, 0.05) is 50.0 Å². The molecule has 1 aliphatic carbocycles. The van der Waals surface area contributed by atoms with Gasteiger partial charge in [-0.2, -0.15) is 0 Å². The molecule has 0 atom stereocenters. The second-order valence-corrected chi connectivity index (χ2v) is 20.1. The van der Waals surface area contributed by atoms with Gasteiger partial charge in [0.2, 0.25) is 0 Å². The van der Waals surface area contributed by atoms with E-state index < -0.39 is 5.41 Å². The second kappa shape index (κ2) is 18.6. The van der Waals surface area contributed by atoms with E-state index in [4.69, 9.17) is 0 Å². The third-order valence-electron chi connectivity index (χ3n) is 15.9. The van der Waals surface area contributed by atoms with Crippen molar-refractivity contribution >= 4 is 77.5 Å². The van der Waals surface area contributed by atoms with Crippen LogP contribution in [0.5, 0.6) is 0 Å². The van der Waals surface area contributed by atoms with E-state index in [9.17, 15) is 5.48 Å². The molecule has 14 aromatic rings. The molecule has 0 bridgehead atoms. The highest BCUT2D eigenvalue weighted by Gasteiger charge is 2.46. The van der Waals surface area contributed by atoms with E-state index in [0.29, 0.717) is 16.9 Å². The molecule has 13 aromatic carbocycles. The van der Waals surface area contributed by atoms with Crippen LogP contribution in [0.3, 0.4) is 0 Å². The Morgan fingerprint density at radius 1 is 0.308 bits per heavy atom. The predicted molar refractivity (Wildman–Crippen MR) is 328 cm³/mol. The van der Waals surface area contributed by atoms with Gasteiger partial charge in [-0.05, 0) is 134 Å². The van der Waals surface area contributed by atoms with Crippen molar-refractivity contribution in [2.45, 2.75) is 5.41 Å². The van der Waals surface area contributed by atoms with Gasteiger partial charge < -0.3 is 14.4 Å². The van der Waals surface area contributed by atoms with Crippen molar-refractivity contribution < 1.29 is 5.48 Å². The van der Waals surface area contributed by atoms with Crippen LogP contribution in [0.4, 0.5) is 34.1 Å². The minimum absolute atomic E-state index is 0.128. The van der Waals surface area contributed by atoms with E-state index >= 15 is 0 Å². The first-order chi connectivity index (χ1) is 40.4. The van der Waals surface area contributed by atoms with E-state index in [1.54, 1.807) is 0 Å². The SMILES string of the molecule is [2H]c1c([2H])c(N(c2ccccc2)c2ccc3c(c2)C(c2ccccc2)(c2ccccc2)c2ccccc2-3)c([2H])c([2H])c1-c1cccc2c(N(c3ccc4c5ccccc5n(-c5ccccc5)c4c3)c3cccc4ccccc34)cccc12. The minimum atomic E-state index is -0.698. The molecule has 1 aliphatic rings. The summed E-state index contributed by atoms with van der Waals surface area (Å²) >= 11 is 0. The molecule has 0 N–H and O–H groups in total. The summed E-state index contributed by atoms with van der Waals surface area (Å²) in [7, 11) is 0. The Hall–Kier alpha value is -10.2. The molecule has 15 rings (SSSR count). The first kappa shape index (κ1) is 41.1. The van der Waals surface area contributed by atoms with Crippen molar-refractivity contribution in [3.63, 3.8) is 0 Å². The van der Waals surface area contributed by atoms with Crippen LogP contribution in [0, 0.1) is 0 Å². The fourth-order valence-electron chi connectivity index (χ4n) is 12.6. The zero-order valence-corrected chi connectivity index (χ0v) is 42.5. The third kappa shape index (κ3) is 7.13. The summed E-state index contributed by atoms with van der Waals surface area (Å²) < 4.78 is 42.7. The molecule has 0 aliphatic heterocycles. The zero-order chi connectivity index (χ0) is 55.1. The van der Waals surface area contributed by atoms with Gasteiger partial charge >= 0.3 is 0 Å². The fraction of sp³-hybridized carbons (Fsp3) is 0.0133. The van der Waals surface area contributed by atoms with Crippen LogP contribution >= 0.6 is 0 Å². The molecule has 0 saturated carbocycles. The zero-order valence-electron chi connectivity index (χ0n) is 46.5.